The highest BCUT2D eigenvalue weighted by Gasteiger charge is 2.34. The van der Waals surface area contributed by atoms with E-state index in [1.807, 2.05) is 4.90 Å². The van der Waals surface area contributed by atoms with Gasteiger partial charge in [0.25, 0.3) is 0 Å². The lowest BCUT2D eigenvalue weighted by molar-refractivity contribution is -0.155. The Kier molecular flexibility index (Phi) is 6.05. The highest BCUT2D eigenvalue weighted by atomic mass is 19.1. The number of benzene rings is 1. The number of carbonyl (C=O) groups is 1. The van der Waals surface area contributed by atoms with Gasteiger partial charge in [-0.25, -0.2) is 4.39 Å². The Morgan fingerprint density at radius 1 is 1.24 bits per heavy atom. The number of nitrogens with zero attached hydrogens (tertiary/aromatic N) is 4. The number of hydrogen-bond donors (Lipinski definition) is 0. The summed E-state index contributed by atoms with van der Waals surface area (Å²) in [7, 11) is 0. The average Bonchev–Trinajstić information content (AvgIpc) is 3.14. The van der Waals surface area contributed by atoms with Gasteiger partial charge in [0.05, 0.1) is 13.1 Å². The van der Waals surface area contributed by atoms with Crippen LogP contribution in [0.25, 0.3) is 0 Å². The van der Waals surface area contributed by atoms with Crippen molar-refractivity contribution in [2.45, 2.75) is 38.5 Å². The second kappa shape index (κ2) is 8.87. The smallest absolute Gasteiger partial charge is 0.248 e. The largest absolute Gasteiger partial charge is 0.491 e. The summed E-state index contributed by atoms with van der Waals surface area (Å²) in [6.45, 7) is 5.08. The van der Waals surface area contributed by atoms with Gasteiger partial charge in [-0.1, -0.05) is 5.16 Å². The summed E-state index contributed by atoms with van der Waals surface area (Å²) in [6, 6.07) is 6.08. The van der Waals surface area contributed by atoms with Crippen LogP contribution in [-0.2, 0) is 16.1 Å². The van der Waals surface area contributed by atoms with Gasteiger partial charge >= 0.3 is 0 Å². The number of likely N-dealkylation sites (tertiary alicyclic amines) is 1. The lowest BCUT2D eigenvalue weighted by Gasteiger charge is -2.41. The van der Waals surface area contributed by atoms with Crippen molar-refractivity contribution < 1.29 is 23.2 Å². The molecule has 1 amide bonds. The maximum absolute atomic E-state index is 13.0. The summed E-state index contributed by atoms with van der Waals surface area (Å²) in [5.74, 6) is 1.57. The number of halogens is 1. The van der Waals surface area contributed by atoms with Crippen molar-refractivity contribution in [2.75, 3.05) is 32.8 Å². The molecule has 1 atom stereocenters. The van der Waals surface area contributed by atoms with Gasteiger partial charge < -0.3 is 18.9 Å². The van der Waals surface area contributed by atoms with Gasteiger partial charge in [-0.3, -0.25) is 9.69 Å². The molecule has 2 fully saturated rings. The lowest BCUT2D eigenvalue weighted by Crippen LogP contribution is -2.55. The summed E-state index contributed by atoms with van der Waals surface area (Å²) >= 11 is 0. The monoisotopic (exact) mass is 404 g/mol. The second-order valence-corrected chi connectivity index (χ2v) is 7.49. The van der Waals surface area contributed by atoms with Gasteiger partial charge in [0, 0.05) is 19.1 Å². The maximum Gasteiger partial charge on any atom is 0.248 e. The van der Waals surface area contributed by atoms with Crippen molar-refractivity contribution >= 4 is 5.91 Å². The number of amides is 1. The molecular weight excluding hydrogens is 379 g/mol. The van der Waals surface area contributed by atoms with Crippen molar-refractivity contribution in [2.24, 2.45) is 0 Å². The Hall–Kier alpha value is -2.52. The highest BCUT2D eigenvalue weighted by Crippen LogP contribution is 2.22. The molecule has 9 heteroatoms. The summed E-state index contributed by atoms with van der Waals surface area (Å²) in [5.41, 5.74) is 0. The van der Waals surface area contributed by atoms with Gasteiger partial charge in [-0.2, -0.15) is 4.98 Å². The van der Waals surface area contributed by atoms with E-state index < -0.39 is 0 Å². The molecule has 1 aromatic heterocycles. The summed E-state index contributed by atoms with van der Waals surface area (Å²) in [6.07, 6.45) is 1.59. The molecule has 29 heavy (non-hydrogen) atoms. The summed E-state index contributed by atoms with van der Waals surface area (Å²) in [4.78, 5) is 20.8. The van der Waals surface area contributed by atoms with Gasteiger partial charge in [-0.05, 0) is 44.0 Å². The third-order valence-corrected chi connectivity index (χ3v) is 5.34. The molecule has 1 aromatic carbocycles. The van der Waals surface area contributed by atoms with E-state index in [4.69, 9.17) is 14.0 Å². The van der Waals surface area contributed by atoms with Gasteiger partial charge in [0.15, 0.2) is 5.82 Å². The fourth-order valence-corrected chi connectivity index (χ4v) is 3.80. The maximum atomic E-state index is 13.0. The summed E-state index contributed by atoms with van der Waals surface area (Å²) < 4.78 is 29.5. The Morgan fingerprint density at radius 3 is 2.69 bits per heavy atom. The van der Waals surface area contributed by atoms with Crippen molar-refractivity contribution in [3.63, 3.8) is 0 Å². The molecule has 156 valence electrons. The van der Waals surface area contributed by atoms with E-state index in [1.54, 1.807) is 19.1 Å². The Labute approximate surface area is 168 Å². The molecule has 2 saturated heterocycles. The minimum atomic E-state index is -0.302. The predicted octanol–water partition coefficient (Wildman–Crippen LogP) is 1.79. The molecule has 0 unspecified atom stereocenters. The third kappa shape index (κ3) is 5.10. The van der Waals surface area contributed by atoms with E-state index in [0.717, 1.165) is 25.9 Å². The van der Waals surface area contributed by atoms with Crippen LogP contribution in [0.4, 0.5) is 4.39 Å². The standard InChI is InChI=1S/C20H25FN4O4/c1-14-22-19(29-23-14)11-24-8-6-16(7-9-24)25-10-18(28-13-20(25)26)12-27-17-4-2-15(21)3-5-17/h2-5,16,18H,6-13H2,1H3/t18-/m0/s1. The van der Waals surface area contributed by atoms with Crippen LogP contribution in [0.2, 0.25) is 0 Å². The fraction of sp³-hybridized carbons (Fsp3) is 0.550. The van der Waals surface area contributed by atoms with Gasteiger partial charge in [0.2, 0.25) is 11.8 Å². The first-order chi connectivity index (χ1) is 14.1. The van der Waals surface area contributed by atoms with Crippen LogP contribution < -0.4 is 4.74 Å². The second-order valence-electron chi connectivity index (χ2n) is 7.49. The Morgan fingerprint density at radius 2 is 2.00 bits per heavy atom. The van der Waals surface area contributed by atoms with Gasteiger partial charge in [0.1, 0.15) is 30.9 Å². The molecule has 2 aliphatic rings. The number of hydrogen-bond acceptors (Lipinski definition) is 7. The molecule has 0 radical (unpaired) electrons. The molecule has 3 heterocycles. The number of piperidine rings is 1. The van der Waals surface area contributed by atoms with E-state index in [-0.39, 0.29) is 30.5 Å². The molecule has 0 bridgehead atoms. The van der Waals surface area contributed by atoms with E-state index in [1.165, 1.54) is 12.1 Å². The molecule has 0 aliphatic carbocycles. The zero-order valence-electron chi connectivity index (χ0n) is 16.4. The first-order valence-electron chi connectivity index (χ1n) is 9.88. The number of ether oxygens (including phenoxy) is 2. The average molecular weight is 404 g/mol. The van der Waals surface area contributed by atoms with Crippen molar-refractivity contribution in [1.82, 2.24) is 19.9 Å². The van der Waals surface area contributed by atoms with Crippen molar-refractivity contribution in [3.8, 4) is 5.75 Å². The fourth-order valence-electron chi connectivity index (χ4n) is 3.80. The van der Waals surface area contributed by atoms with Crippen molar-refractivity contribution in [3.05, 3.63) is 41.8 Å². The Bertz CT molecular complexity index is 820. The minimum absolute atomic E-state index is 0.0222. The predicted molar refractivity (Wildman–Crippen MR) is 101 cm³/mol. The molecule has 2 aliphatic heterocycles. The van der Waals surface area contributed by atoms with Crippen LogP contribution in [0.1, 0.15) is 24.6 Å². The molecule has 0 saturated carbocycles. The van der Waals surface area contributed by atoms with Crippen LogP contribution in [0.15, 0.2) is 28.8 Å². The van der Waals surface area contributed by atoms with E-state index >= 15 is 0 Å². The first-order valence-corrected chi connectivity index (χ1v) is 9.88. The molecular formula is C20H25FN4O4. The van der Waals surface area contributed by atoms with Crippen LogP contribution in [0.3, 0.4) is 0 Å². The third-order valence-electron chi connectivity index (χ3n) is 5.34. The molecule has 2 aromatic rings. The normalized spacial score (nSPS) is 21.5. The SMILES string of the molecule is Cc1noc(CN2CCC(N3C[C@@H](COc4ccc(F)cc4)OCC3=O)CC2)n1. The van der Waals surface area contributed by atoms with Gasteiger partial charge in [-0.15, -0.1) is 0 Å². The minimum Gasteiger partial charge on any atom is -0.491 e. The number of morpholine rings is 1. The topological polar surface area (TPSA) is 80.9 Å². The zero-order valence-corrected chi connectivity index (χ0v) is 16.4. The Balaban J connectivity index is 1.26. The molecule has 4 rings (SSSR count). The lowest BCUT2D eigenvalue weighted by atomic mass is 10.0. The molecule has 0 spiro atoms. The van der Waals surface area contributed by atoms with Crippen LogP contribution in [0.5, 0.6) is 5.75 Å². The highest BCUT2D eigenvalue weighted by molar-refractivity contribution is 5.78. The number of rotatable bonds is 6. The number of carbonyl (C=O) groups excluding carboxylic acids is 1. The molecule has 0 N–H and O–H groups in total. The number of aryl methyl sites for hydroxylation is 1. The van der Waals surface area contributed by atoms with E-state index in [0.29, 0.717) is 37.2 Å². The number of aromatic nitrogens is 2. The zero-order chi connectivity index (χ0) is 20.2. The van der Waals surface area contributed by atoms with E-state index in [9.17, 15) is 9.18 Å². The summed E-state index contributed by atoms with van der Waals surface area (Å²) in [5, 5.41) is 3.82. The quantitative estimate of drug-likeness (QED) is 0.726. The van der Waals surface area contributed by atoms with Crippen LogP contribution >= 0.6 is 0 Å². The first kappa shape index (κ1) is 19.8. The van der Waals surface area contributed by atoms with E-state index in [2.05, 4.69) is 15.0 Å². The van der Waals surface area contributed by atoms with Crippen molar-refractivity contribution in [1.29, 1.82) is 0 Å². The molecule has 8 nitrogen and oxygen atoms in total. The van der Waals surface area contributed by atoms with Crippen LogP contribution in [0, 0.1) is 12.7 Å². The van der Waals surface area contributed by atoms with Crippen LogP contribution in [-0.4, -0.2) is 70.8 Å².